The normalized spacial score (nSPS) is 18.7. The van der Waals surface area contributed by atoms with E-state index in [0.717, 1.165) is 19.4 Å². The van der Waals surface area contributed by atoms with Gasteiger partial charge in [0.05, 0.1) is 17.8 Å². The van der Waals surface area contributed by atoms with E-state index in [4.69, 9.17) is 0 Å². The monoisotopic (exact) mass is 274 g/mol. The molecule has 1 amide bonds. The Hall–Kier alpha value is -1.88. The minimum atomic E-state index is -0.0582. The Kier molecular flexibility index (Phi) is 3.21. The van der Waals surface area contributed by atoms with Crippen molar-refractivity contribution in [1.82, 2.24) is 9.88 Å². The summed E-state index contributed by atoms with van der Waals surface area (Å²) in [5.74, 6) is -0.0331. The van der Waals surface area contributed by atoms with Crippen LogP contribution in [0.15, 0.2) is 35.3 Å². The van der Waals surface area contributed by atoms with Crippen LogP contribution in [0.25, 0.3) is 0 Å². The summed E-state index contributed by atoms with van der Waals surface area (Å²) in [6.07, 6.45) is 4.84. The molecule has 3 heterocycles. The van der Waals surface area contributed by atoms with Gasteiger partial charge >= 0.3 is 0 Å². The zero-order valence-corrected chi connectivity index (χ0v) is 11.1. The van der Waals surface area contributed by atoms with Crippen LogP contribution in [-0.2, 0) is 0 Å². The zero-order valence-electron chi connectivity index (χ0n) is 10.3. The molecule has 0 saturated carbocycles. The van der Waals surface area contributed by atoms with Gasteiger partial charge in [-0.2, -0.15) is 11.3 Å². The summed E-state index contributed by atoms with van der Waals surface area (Å²) < 4.78 is 0. The summed E-state index contributed by atoms with van der Waals surface area (Å²) in [5, 5.41) is 13.6. The molecule has 0 bridgehead atoms. The number of pyridine rings is 1. The minimum Gasteiger partial charge on any atom is -0.506 e. The maximum absolute atomic E-state index is 12.5. The molecule has 0 radical (unpaired) electrons. The van der Waals surface area contributed by atoms with Crippen LogP contribution in [0.3, 0.4) is 0 Å². The maximum Gasteiger partial charge on any atom is 0.256 e. The van der Waals surface area contributed by atoms with Crippen LogP contribution in [0.1, 0.15) is 34.8 Å². The number of hydrogen-bond donors (Lipinski definition) is 1. The summed E-state index contributed by atoms with van der Waals surface area (Å²) in [7, 11) is 0. The molecule has 1 N–H and O–H groups in total. The summed E-state index contributed by atoms with van der Waals surface area (Å²) >= 11 is 1.65. The number of likely N-dealkylation sites (tertiary alicyclic amines) is 1. The van der Waals surface area contributed by atoms with E-state index >= 15 is 0 Å². The molecule has 98 valence electrons. The number of carbonyl (C=O) groups is 1. The fourth-order valence-electron chi connectivity index (χ4n) is 2.53. The highest BCUT2D eigenvalue weighted by atomic mass is 32.1. The highest BCUT2D eigenvalue weighted by Gasteiger charge is 2.30. The van der Waals surface area contributed by atoms with Crippen LogP contribution in [-0.4, -0.2) is 27.4 Å². The summed E-state index contributed by atoms with van der Waals surface area (Å²) in [4.78, 5) is 18.2. The average molecular weight is 274 g/mol. The van der Waals surface area contributed by atoms with Gasteiger partial charge in [0, 0.05) is 12.7 Å². The van der Waals surface area contributed by atoms with E-state index in [-0.39, 0.29) is 17.7 Å². The summed E-state index contributed by atoms with van der Waals surface area (Å²) in [6, 6.07) is 3.70. The first-order valence-corrected chi connectivity index (χ1v) is 7.17. The smallest absolute Gasteiger partial charge is 0.256 e. The number of aromatic nitrogens is 1. The van der Waals surface area contributed by atoms with E-state index in [1.807, 2.05) is 10.3 Å². The number of nitrogens with zero attached hydrogens (tertiary/aromatic N) is 2. The number of hydrogen-bond acceptors (Lipinski definition) is 4. The number of rotatable bonds is 2. The third-order valence-electron chi connectivity index (χ3n) is 3.41. The van der Waals surface area contributed by atoms with Gasteiger partial charge in [-0.05, 0) is 41.3 Å². The molecule has 1 saturated heterocycles. The van der Waals surface area contributed by atoms with E-state index in [0.29, 0.717) is 5.56 Å². The van der Waals surface area contributed by atoms with Crippen molar-refractivity contribution in [2.75, 3.05) is 6.54 Å². The predicted octanol–water partition coefficient (Wildman–Crippen LogP) is 2.83. The lowest BCUT2D eigenvalue weighted by Gasteiger charge is -2.24. The van der Waals surface area contributed by atoms with Crippen molar-refractivity contribution in [3.8, 4) is 5.75 Å². The van der Waals surface area contributed by atoms with E-state index in [1.165, 1.54) is 24.0 Å². The molecule has 19 heavy (non-hydrogen) atoms. The van der Waals surface area contributed by atoms with Gasteiger partial charge in [0.2, 0.25) is 0 Å². The van der Waals surface area contributed by atoms with Crippen molar-refractivity contribution in [3.63, 3.8) is 0 Å². The first-order valence-electron chi connectivity index (χ1n) is 6.23. The second-order valence-corrected chi connectivity index (χ2v) is 5.43. The molecule has 1 atom stereocenters. The topological polar surface area (TPSA) is 53.4 Å². The molecule has 3 rings (SSSR count). The highest BCUT2D eigenvalue weighted by Crippen LogP contribution is 2.34. The fourth-order valence-corrected chi connectivity index (χ4v) is 3.24. The second-order valence-electron chi connectivity index (χ2n) is 4.65. The Balaban J connectivity index is 1.87. The Labute approximate surface area is 115 Å². The lowest BCUT2D eigenvalue weighted by molar-refractivity contribution is 0.0735. The van der Waals surface area contributed by atoms with Crippen molar-refractivity contribution in [2.24, 2.45) is 0 Å². The van der Waals surface area contributed by atoms with E-state index in [1.54, 1.807) is 11.3 Å². The summed E-state index contributed by atoms with van der Waals surface area (Å²) in [5.41, 5.74) is 1.64. The highest BCUT2D eigenvalue weighted by molar-refractivity contribution is 7.07. The van der Waals surface area contributed by atoms with Crippen LogP contribution in [0.4, 0.5) is 0 Å². The molecular weight excluding hydrogens is 260 g/mol. The number of thiophene rings is 1. The Morgan fingerprint density at radius 2 is 2.37 bits per heavy atom. The number of aromatic hydroxyl groups is 1. The summed E-state index contributed by atoms with van der Waals surface area (Å²) in [6.45, 7) is 0.759. The predicted molar refractivity (Wildman–Crippen MR) is 73.2 cm³/mol. The molecule has 2 aromatic heterocycles. The average Bonchev–Trinajstić information content (AvgIpc) is 3.08. The van der Waals surface area contributed by atoms with Gasteiger partial charge in [-0.15, -0.1) is 0 Å². The van der Waals surface area contributed by atoms with Crippen LogP contribution in [0.5, 0.6) is 5.75 Å². The lowest BCUT2D eigenvalue weighted by Crippen LogP contribution is -2.30. The van der Waals surface area contributed by atoms with Crippen LogP contribution < -0.4 is 0 Å². The second kappa shape index (κ2) is 5.01. The quantitative estimate of drug-likeness (QED) is 0.916. The molecule has 0 spiro atoms. The largest absolute Gasteiger partial charge is 0.506 e. The molecule has 1 aliphatic rings. The Morgan fingerprint density at radius 3 is 3.11 bits per heavy atom. The molecule has 4 nitrogen and oxygen atoms in total. The third kappa shape index (κ3) is 2.33. The molecule has 1 fully saturated rings. The van der Waals surface area contributed by atoms with Crippen LogP contribution >= 0.6 is 11.3 Å². The van der Waals surface area contributed by atoms with Crippen molar-refractivity contribution < 1.29 is 9.90 Å². The van der Waals surface area contributed by atoms with Crippen molar-refractivity contribution >= 4 is 17.2 Å². The molecule has 5 heteroatoms. The van der Waals surface area contributed by atoms with Gasteiger partial charge in [-0.1, -0.05) is 0 Å². The van der Waals surface area contributed by atoms with Crippen molar-refractivity contribution in [2.45, 2.75) is 18.9 Å². The maximum atomic E-state index is 12.5. The van der Waals surface area contributed by atoms with E-state index in [2.05, 4.69) is 16.4 Å². The van der Waals surface area contributed by atoms with Gasteiger partial charge in [0.15, 0.2) is 0 Å². The first kappa shape index (κ1) is 12.2. The SMILES string of the molecule is O=C(c1cncc(O)c1)N1CCCC1c1ccsc1. The minimum absolute atomic E-state index is 0.0251. The van der Waals surface area contributed by atoms with Crippen molar-refractivity contribution in [3.05, 3.63) is 46.4 Å². The fraction of sp³-hybridized carbons (Fsp3) is 0.286. The van der Waals surface area contributed by atoms with Gasteiger partial charge < -0.3 is 10.0 Å². The van der Waals surface area contributed by atoms with Gasteiger partial charge in [0.25, 0.3) is 5.91 Å². The first-order chi connectivity index (χ1) is 9.25. The van der Waals surface area contributed by atoms with Gasteiger partial charge in [-0.25, -0.2) is 0 Å². The molecule has 2 aromatic rings. The standard InChI is InChI=1S/C14H14N2O2S/c17-12-6-11(7-15-8-12)14(18)16-4-1-2-13(16)10-3-5-19-9-10/h3,5-9,13,17H,1-2,4H2. The molecule has 1 unspecified atom stereocenters. The molecular formula is C14H14N2O2S. The third-order valence-corrected chi connectivity index (χ3v) is 4.11. The lowest BCUT2D eigenvalue weighted by atomic mass is 10.1. The number of amides is 1. The van der Waals surface area contributed by atoms with E-state index < -0.39 is 0 Å². The van der Waals surface area contributed by atoms with Crippen LogP contribution in [0.2, 0.25) is 0 Å². The Bertz CT molecular complexity index is 583. The van der Waals surface area contributed by atoms with Crippen molar-refractivity contribution in [1.29, 1.82) is 0 Å². The van der Waals surface area contributed by atoms with Crippen LogP contribution in [0, 0.1) is 0 Å². The van der Waals surface area contributed by atoms with E-state index in [9.17, 15) is 9.90 Å². The van der Waals surface area contributed by atoms with Gasteiger partial charge in [-0.3, -0.25) is 9.78 Å². The zero-order chi connectivity index (χ0) is 13.2. The molecule has 1 aliphatic heterocycles. The molecule has 0 aliphatic carbocycles. The molecule has 0 aromatic carbocycles. The number of carbonyl (C=O) groups excluding carboxylic acids is 1. The van der Waals surface area contributed by atoms with Gasteiger partial charge in [0.1, 0.15) is 5.75 Å². The Morgan fingerprint density at radius 1 is 1.47 bits per heavy atom.